The standard InChI is InChI=1S/C15H19NO6S/c17-14(18)10-22-13-3-1-12(2-4-13)15(19)16-9-11-5-7-23(20,21)8-6-11/h1-4,11H,5-10H2,(H,16,19)(H,17,18). The first-order valence-corrected chi connectivity index (χ1v) is 9.11. The molecular weight excluding hydrogens is 322 g/mol. The lowest BCUT2D eigenvalue weighted by atomic mass is 10.0. The molecule has 1 aromatic carbocycles. The summed E-state index contributed by atoms with van der Waals surface area (Å²) in [4.78, 5) is 22.4. The average molecular weight is 341 g/mol. The van der Waals surface area contributed by atoms with Crippen molar-refractivity contribution in [1.82, 2.24) is 5.32 Å². The van der Waals surface area contributed by atoms with Gasteiger partial charge in [-0.2, -0.15) is 0 Å². The molecule has 2 N–H and O–H groups in total. The third-order valence-corrected chi connectivity index (χ3v) is 5.42. The smallest absolute Gasteiger partial charge is 0.341 e. The predicted octanol–water partition coefficient (Wildman–Crippen LogP) is 0.705. The number of carbonyl (C=O) groups is 2. The molecule has 23 heavy (non-hydrogen) atoms. The largest absolute Gasteiger partial charge is 0.482 e. The topological polar surface area (TPSA) is 110 Å². The molecule has 1 aromatic rings. The van der Waals surface area contributed by atoms with E-state index in [0.717, 1.165) is 0 Å². The van der Waals surface area contributed by atoms with Gasteiger partial charge in [0.15, 0.2) is 6.61 Å². The second-order valence-corrected chi connectivity index (χ2v) is 7.82. The van der Waals surface area contributed by atoms with Crippen LogP contribution in [0.1, 0.15) is 23.2 Å². The predicted molar refractivity (Wildman–Crippen MR) is 83.3 cm³/mol. The lowest BCUT2D eigenvalue weighted by Crippen LogP contribution is -2.34. The van der Waals surface area contributed by atoms with Crippen molar-refractivity contribution in [1.29, 1.82) is 0 Å². The van der Waals surface area contributed by atoms with Gasteiger partial charge in [0, 0.05) is 12.1 Å². The first-order chi connectivity index (χ1) is 10.9. The van der Waals surface area contributed by atoms with E-state index >= 15 is 0 Å². The van der Waals surface area contributed by atoms with Crippen LogP contribution in [0.5, 0.6) is 5.75 Å². The Hall–Kier alpha value is -2.09. The highest BCUT2D eigenvalue weighted by molar-refractivity contribution is 7.91. The maximum absolute atomic E-state index is 12.0. The fourth-order valence-electron chi connectivity index (χ4n) is 2.33. The van der Waals surface area contributed by atoms with Crippen LogP contribution in [0, 0.1) is 5.92 Å². The van der Waals surface area contributed by atoms with E-state index < -0.39 is 22.4 Å². The second kappa shape index (κ2) is 7.45. The summed E-state index contributed by atoms with van der Waals surface area (Å²) in [6.45, 7) is 0.0156. The number of ether oxygens (including phenoxy) is 1. The van der Waals surface area contributed by atoms with Crippen molar-refractivity contribution >= 4 is 21.7 Å². The van der Waals surface area contributed by atoms with Gasteiger partial charge < -0.3 is 15.2 Å². The molecule has 0 atom stereocenters. The summed E-state index contributed by atoms with van der Waals surface area (Å²) in [7, 11) is -2.89. The molecule has 1 saturated heterocycles. The van der Waals surface area contributed by atoms with Gasteiger partial charge in [0.25, 0.3) is 5.91 Å². The molecule has 0 unspecified atom stereocenters. The van der Waals surface area contributed by atoms with Crippen molar-refractivity contribution in [2.24, 2.45) is 5.92 Å². The number of aliphatic carboxylic acids is 1. The van der Waals surface area contributed by atoms with E-state index in [0.29, 0.717) is 30.7 Å². The highest BCUT2D eigenvalue weighted by Crippen LogP contribution is 2.18. The highest BCUT2D eigenvalue weighted by Gasteiger charge is 2.23. The number of carboxylic acid groups (broad SMARTS) is 1. The molecule has 2 rings (SSSR count). The first-order valence-electron chi connectivity index (χ1n) is 7.29. The molecule has 1 aliphatic heterocycles. The van der Waals surface area contributed by atoms with Crippen molar-refractivity contribution in [2.45, 2.75) is 12.8 Å². The molecule has 0 radical (unpaired) electrons. The quantitative estimate of drug-likeness (QED) is 0.788. The minimum absolute atomic E-state index is 0.181. The van der Waals surface area contributed by atoms with E-state index in [1.165, 1.54) is 12.1 Å². The average Bonchev–Trinajstić information content (AvgIpc) is 2.52. The second-order valence-electron chi connectivity index (χ2n) is 5.51. The summed E-state index contributed by atoms with van der Waals surface area (Å²) in [6.07, 6.45) is 1.15. The van der Waals surface area contributed by atoms with Crippen LogP contribution < -0.4 is 10.1 Å². The molecule has 0 spiro atoms. The third kappa shape index (κ3) is 5.55. The molecule has 0 aliphatic carbocycles. The molecule has 8 heteroatoms. The zero-order valence-corrected chi connectivity index (χ0v) is 13.3. The molecule has 7 nitrogen and oxygen atoms in total. The number of nitrogens with one attached hydrogen (secondary N) is 1. The summed E-state index contributed by atoms with van der Waals surface area (Å²) in [6, 6.07) is 6.17. The molecule has 1 heterocycles. The van der Waals surface area contributed by atoms with E-state index in [-0.39, 0.29) is 23.3 Å². The van der Waals surface area contributed by atoms with Crippen LogP contribution in [-0.2, 0) is 14.6 Å². The summed E-state index contributed by atoms with van der Waals surface area (Å²) < 4.78 is 27.7. The zero-order chi connectivity index (χ0) is 16.9. The van der Waals surface area contributed by atoms with Crippen molar-refractivity contribution in [3.05, 3.63) is 29.8 Å². The van der Waals surface area contributed by atoms with Crippen LogP contribution in [-0.4, -0.2) is 50.1 Å². The van der Waals surface area contributed by atoms with E-state index in [4.69, 9.17) is 9.84 Å². The summed E-state index contributed by atoms with van der Waals surface area (Å²) in [5.74, 6) is -0.390. The lowest BCUT2D eigenvalue weighted by Gasteiger charge is -2.22. The number of benzene rings is 1. The van der Waals surface area contributed by atoms with E-state index in [9.17, 15) is 18.0 Å². The van der Waals surface area contributed by atoms with Crippen molar-refractivity contribution in [2.75, 3.05) is 24.7 Å². The van der Waals surface area contributed by atoms with Crippen LogP contribution in [0.4, 0.5) is 0 Å². The van der Waals surface area contributed by atoms with Crippen LogP contribution in [0.3, 0.4) is 0 Å². The first kappa shape index (κ1) is 17.3. The minimum atomic E-state index is -2.89. The van der Waals surface area contributed by atoms with Crippen molar-refractivity contribution < 1.29 is 27.9 Å². The van der Waals surface area contributed by atoms with Gasteiger partial charge in [-0.15, -0.1) is 0 Å². The zero-order valence-electron chi connectivity index (χ0n) is 12.5. The number of carbonyl (C=O) groups excluding carboxylic acids is 1. The van der Waals surface area contributed by atoms with Gasteiger partial charge >= 0.3 is 5.97 Å². The number of hydrogen-bond acceptors (Lipinski definition) is 5. The number of rotatable bonds is 6. The normalized spacial score (nSPS) is 17.4. The van der Waals surface area contributed by atoms with Crippen molar-refractivity contribution in [3.63, 3.8) is 0 Å². The molecule has 1 aliphatic rings. The fraction of sp³-hybridized carbons (Fsp3) is 0.467. The third-order valence-electron chi connectivity index (χ3n) is 3.70. The van der Waals surface area contributed by atoms with E-state index in [2.05, 4.69) is 5.32 Å². The van der Waals surface area contributed by atoms with Crippen LogP contribution >= 0.6 is 0 Å². The molecule has 0 bridgehead atoms. The Morgan fingerprint density at radius 1 is 1.17 bits per heavy atom. The monoisotopic (exact) mass is 341 g/mol. The van der Waals surface area contributed by atoms with Crippen molar-refractivity contribution in [3.8, 4) is 5.75 Å². The molecule has 1 fully saturated rings. The van der Waals surface area contributed by atoms with Gasteiger partial charge in [-0.1, -0.05) is 0 Å². The Labute approximate surface area is 134 Å². The number of sulfone groups is 1. The maximum Gasteiger partial charge on any atom is 0.341 e. The van der Waals surface area contributed by atoms with E-state index in [1.807, 2.05) is 0 Å². The summed E-state index contributed by atoms with van der Waals surface area (Å²) >= 11 is 0. The fourth-order valence-corrected chi connectivity index (χ4v) is 3.92. The van der Waals surface area contributed by atoms with Crippen LogP contribution in [0.25, 0.3) is 0 Å². The van der Waals surface area contributed by atoms with Crippen LogP contribution in [0.2, 0.25) is 0 Å². The number of carboxylic acids is 1. The van der Waals surface area contributed by atoms with Crippen LogP contribution in [0.15, 0.2) is 24.3 Å². The van der Waals surface area contributed by atoms with Gasteiger partial charge in [-0.3, -0.25) is 4.79 Å². The number of amides is 1. The Balaban J connectivity index is 1.80. The van der Waals surface area contributed by atoms with Gasteiger partial charge in [0.1, 0.15) is 15.6 Å². The summed E-state index contributed by atoms with van der Waals surface area (Å²) in [5.41, 5.74) is 0.441. The Bertz CT molecular complexity index is 654. The molecule has 0 saturated carbocycles. The number of hydrogen-bond donors (Lipinski definition) is 2. The highest BCUT2D eigenvalue weighted by atomic mass is 32.2. The molecule has 1 amide bonds. The summed E-state index contributed by atoms with van der Waals surface area (Å²) in [5, 5.41) is 11.3. The SMILES string of the molecule is O=C(O)COc1ccc(C(=O)NCC2CCS(=O)(=O)CC2)cc1. The molecule has 126 valence electrons. The van der Waals surface area contributed by atoms with Gasteiger partial charge in [-0.25, -0.2) is 13.2 Å². The van der Waals surface area contributed by atoms with E-state index in [1.54, 1.807) is 12.1 Å². The Kier molecular flexibility index (Phi) is 5.59. The van der Waals surface area contributed by atoms with Gasteiger partial charge in [-0.05, 0) is 43.0 Å². The lowest BCUT2D eigenvalue weighted by molar-refractivity contribution is -0.139. The Morgan fingerprint density at radius 2 is 1.78 bits per heavy atom. The molecule has 0 aromatic heterocycles. The van der Waals surface area contributed by atoms with Gasteiger partial charge in [0.2, 0.25) is 0 Å². The maximum atomic E-state index is 12.0. The van der Waals surface area contributed by atoms with Gasteiger partial charge in [0.05, 0.1) is 11.5 Å². The minimum Gasteiger partial charge on any atom is -0.482 e. The molecular formula is C15H19NO6S. The Morgan fingerprint density at radius 3 is 2.35 bits per heavy atom.